The van der Waals surface area contributed by atoms with Crippen LogP contribution in [-0.2, 0) is 17.6 Å². The number of hydrogen-bond donors (Lipinski definition) is 1. The largest absolute Gasteiger partial charge is 0.490 e. The number of ether oxygens (including phenoxy) is 1. The normalized spacial score (nSPS) is 37.5. The van der Waals surface area contributed by atoms with Crippen molar-refractivity contribution < 1.29 is 4.74 Å². The van der Waals surface area contributed by atoms with Crippen molar-refractivity contribution in [3.05, 3.63) is 129 Å². The maximum atomic E-state index is 6.88. The minimum Gasteiger partial charge on any atom is -0.490 e. The zero-order valence-corrected chi connectivity index (χ0v) is 35.8. The highest BCUT2D eigenvalue weighted by Crippen LogP contribution is 2.54. The van der Waals surface area contributed by atoms with Gasteiger partial charge in [-0.2, -0.15) is 0 Å². The molecule has 11 unspecified atom stereocenters. The van der Waals surface area contributed by atoms with Crippen molar-refractivity contribution in [1.29, 1.82) is 0 Å². The van der Waals surface area contributed by atoms with Gasteiger partial charge in [0.2, 0.25) is 0 Å². The fourth-order valence-corrected chi connectivity index (χ4v) is 15.2. The van der Waals surface area contributed by atoms with Crippen LogP contribution in [0.15, 0.2) is 107 Å². The molecule has 59 heavy (non-hydrogen) atoms. The molecule has 2 aliphatic heterocycles. The number of hydrogen-bond acceptors (Lipinski definition) is 2. The van der Waals surface area contributed by atoms with Crippen molar-refractivity contribution in [1.82, 2.24) is 5.32 Å². The molecule has 2 fully saturated rings. The van der Waals surface area contributed by atoms with Gasteiger partial charge in [0.15, 0.2) is 0 Å². The van der Waals surface area contributed by atoms with Gasteiger partial charge in [-0.25, -0.2) is 0 Å². The molecular formula is C57H69NO. The van der Waals surface area contributed by atoms with Crippen molar-refractivity contribution in [2.75, 3.05) is 0 Å². The highest BCUT2D eigenvalue weighted by molar-refractivity contribution is 5.94. The quantitative estimate of drug-likeness (QED) is 0.295. The summed E-state index contributed by atoms with van der Waals surface area (Å²) in [5.41, 5.74) is 13.1. The Morgan fingerprint density at radius 2 is 1.58 bits per heavy atom. The van der Waals surface area contributed by atoms with Crippen LogP contribution in [0.5, 0.6) is 0 Å². The monoisotopic (exact) mass is 784 g/mol. The number of fused-ring (bicyclic) bond motifs is 3. The molecule has 2 heteroatoms. The summed E-state index contributed by atoms with van der Waals surface area (Å²) in [6.07, 6.45) is 51.8. The number of rotatable bonds is 6. The highest BCUT2D eigenvalue weighted by atomic mass is 16.5. The van der Waals surface area contributed by atoms with Gasteiger partial charge < -0.3 is 10.1 Å². The summed E-state index contributed by atoms with van der Waals surface area (Å²) in [7, 11) is 0. The summed E-state index contributed by atoms with van der Waals surface area (Å²) in [4.78, 5) is 0. The molecule has 0 spiro atoms. The van der Waals surface area contributed by atoms with E-state index >= 15 is 0 Å². The van der Waals surface area contributed by atoms with E-state index in [0.717, 1.165) is 30.1 Å². The second kappa shape index (κ2) is 15.7. The number of nitrogens with one attached hydrogen (secondary N) is 1. The third-order valence-electron chi connectivity index (χ3n) is 18.1. The SMILES string of the molecule is C1=CC(C2CC(C3CC(c4ccc5c6c7c(ccc46)CCCC7CC5)CC(C4CC=CCC4)C3)C=C(C3=CCCCC3)N2)CC(C2=C3OC4C=CCCC4C3CCC2)=C1. The summed E-state index contributed by atoms with van der Waals surface area (Å²) in [6.45, 7) is 0. The van der Waals surface area contributed by atoms with Gasteiger partial charge in [-0.15, -0.1) is 0 Å². The summed E-state index contributed by atoms with van der Waals surface area (Å²) < 4.78 is 6.88. The molecule has 11 atom stereocenters. The Morgan fingerprint density at radius 1 is 0.644 bits per heavy atom. The minimum absolute atomic E-state index is 0.312. The van der Waals surface area contributed by atoms with E-state index in [1.54, 1.807) is 49.7 Å². The van der Waals surface area contributed by atoms with Crippen LogP contribution in [0, 0.1) is 41.4 Å². The third kappa shape index (κ3) is 6.81. The van der Waals surface area contributed by atoms with Crippen molar-refractivity contribution in [2.24, 2.45) is 41.4 Å². The van der Waals surface area contributed by atoms with Gasteiger partial charge in [0.1, 0.15) is 11.9 Å². The van der Waals surface area contributed by atoms with Crippen molar-refractivity contribution in [3.63, 3.8) is 0 Å². The molecule has 1 saturated heterocycles. The molecule has 308 valence electrons. The zero-order valence-electron chi connectivity index (χ0n) is 35.8. The highest BCUT2D eigenvalue weighted by Gasteiger charge is 2.45. The fraction of sp³-hybridized carbons (Fsp3) is 0.579. The average Bonchev–Trinajstić information content (AvgIpc) is 3.70. The Hall–Kier alpha value is -3.52. The van der Waals surface area contributed by atoms with Crippen LogP contribution in [0.3, 0.4) is 0 Å². The smallest absolute Gasteiger partial charge is 0.120 e. The molecule has 0 radical (unpaired) electrons. The zero-order chi connectivity index (χ0) is 38.9. The number of allylic oxidation sites excluding steroid dienone is 11. The molecule has 0 aromatic heterocycles. The van der Waals surface area contributed by atoms with Gasteiger partial charge in [0.05, 0.1) is 0 Å². The Kier molecular flexibility index (Phi) is 9.94. The molecule has 0 bridgehead atoms. The predicted molar refractivity (Wildman–Crippen MR) is 244 cm³/mol. The van der Waals surface area contributed by atoms with Gasteiger partial charge in [-0.3, -0.25) is 0 Å². The first kappa shape index (κ1) is 37.3. The molecular weight excluding hydrogens is 715 g/mol. The van der Waals surface area contributed by atoms with E-state index in [0.29, 0.717) is 41.7 Å². The molecule has 2 heterocycles. The summed E-state index contributed by atoms with van der Waals surface area (Å²) in [5.74, 6) is 7.70. The lowest BCUT2D eigenvalue weighted by molar-refractivity contribution is 0.129. The van der Waals surface area contributed by atoms with E-state index < -0.39 is 0 Å². The van der Waals surface area contributed by atoms with Crippen LogP contribution in [0.4, 0.5) is 0 Å². The van der Waals surface area contributed by atoms with E-state index in [4.69, 9.17) is 4.74 Å². The molecule has 2 aromatic carbocycles. The molecule has 8 aliphatic carbocycles. The fourth-order valence-electron chi connectivity index (χ4n) is 15.2. The predicted octanol–water partition coefficient (Wildman–Crippen LogP) is 14.3. The molecule has 2 nitrogen and oxygen atoms in total. The van der Waals surface area contributed by atoms with E-state index in [2.05, 4.69) is 84.3 Å². The van der Waals surface area contributed by atoms with Crippen LogP contribution >= 0.6 is 0 Å². The minimum atomic E-state index is 0.312. The standard InChI is InChI=1S/C57H69NO/c1-3-12-36(13-4-1)43-31-44(33-46(32-43)47-28-26-40-25-24-38-16-9-17-39-27-29-50(47)56(40)55(38)39)45-34-52(37-14-5-2-6-15-37)58-53(35-45)42-19-10-18-41(30-42)48-21-11-22-51-49-20-7-8-23-54(49)59-57(48)51/h1,3,8,10,14,18-19,23,26-29,34,36,38,42-46,49,51,53-54,58H,2,4-7,9,11-13,15-17,20-22,24-25,30-33,35H2. The topological polar surface area (TPSA) is 21.3 Å². The second-order valence-corrected chi connectivity index (χ2v) is 21.2. The lowest BCUT2D eigenvalue weighted by atomic mass is 9.61. The van der Waals surface area contributed by atoms with Gasteiger partial charge >= 0.3 is 0 Å². The molecule has 10 aliphatic rings. The Balaban J connectivity index is 0.872. The van der Waals surface area contributed by atoms with E-state index in [1.807, 2.05) is 0 Å². The van der Waals surface area contributed by atoms with Gasteiger partial charge in [-0.05, 0) is 233 Å². The number of benzene rings is 2. The van der Waals surface area contributed by atoms with Crippen molar-refractivity contribution in [3.8, 4) is 0 Å². The van der Waals surface area contributed by atoms with Gasteiger partial charge in [0.25, 0.3) is 0 Å². The molecule has 12 rings (SSSR count). The molecule has 1 N–H and O–H groups in total. The lowest BCUT2D eigenvalue weighted by Crippen LogP contribution is -2.43. The van der Waals surface area contributed by atoms with Gasteiger partial charge in [-0.1, -0.05) is 72.9 Å². The molecule has 2 aromatic rings. The van der Waals surface area contributed by atoms with Crippen LogP contribution in [0.25, 0.3) is 10.8 Å². The summed E-state index contributed by atoms with van der Waals surface area (Å²) in [5, 5.41) is 7.65. The van der Waals surface area contributed by atoms with Gasteiger partial charge in [0, 0.05) is 29.5 Å². The summed E-state index contributed by atoms with van der Waals surface area (Å²) in [6, 6.07) is 10.9. The second-order valence-electron chi connectivity index (χ2n) is 21.2. The van der Waals surface area contributed by atoms with E-state index in [9.17, 15) is 0 Å². The Bertz CT molecular complexity index is 2190. The van der Waals surface area contributed by atoms with E-state index in [-0.39, 0.29) is 0 Å². The Morgan fingerprint density at radius 3 is 2.51 bits per heavy atom. The Labute approximate surface area is 355 Å². The molecule has 0 amide bonds. The molecule has 1 saturated carbocycles. The lowest BCUT2D eigenvalue weighted by Gasteiger charge is -2.45. The van der Waals surface area contributed by atoms with Crippen molar-refractivity contribution >= 4 is 10.8 Å². The van der Waals surface area contributed by atoms with Crippen LogP contribution in [0.1, 0.15) is 163 Å². The van der Waals surface area contributed by atoms with Crippen LogP contribution in [0.2, 0.25) is 0 Å². The third-order valence-corrected chi connectivity index (χ3v) is 18.1. The van der Waals surface area contributed by atoms with Crippen LogP contribution in [-0.4, -0.2) is 12.1 Å². The van der Waals surface area contributed by atoms with Crippen LogP contribution < -0.4 is 5.32 Å². The summed E-state index contributed by atoms with van der Waals surface area (Å²) >= 11 is 0. The first-order valence-corrected chi connectivity index (χ1v) is 25.1. The average molecular weight is 784 g/mol. The maximum Gasteiger partial charge on any atom is 0.120 e. The van der Waals surface area contributed by atoms with E-state index in [1.165, 1.54) is 146 Å². The first-order chi connectivity index (χ1) is 29.2. The number of aryl methyl sites for hydroxylation is 2. The van der Waals surface area contributed by atoms with Crippen molar-refractivity contribution in [2.45, 2.75) is 165 Å². The first-order valence-electron chi connectivity index (χ1n) is 25.1. The maximum absolute atomic E-state index is 6.88.